The Kier molecular flexibility index (Phi) is 4.80. The topological polar surface area (TPSA) is 75.7 Å². The molecule has 0 aromatic heterocycles. The average molecular weight is 408 g/mol. The molecule has 1 saturated heterocycles. The molecule has 1 atom stereocenters. The molecule has 148 valence electrons. The van der Waals surface area contributed by atoms with Crippen LogP contribution in [0.3, 0.4) is 0 Å². The molecular formula is C19H18F2N2O4S. The van der Waals surface area contributed by atoms with Gasteiger partial charge in [-0.15, -0.1) is 0 Å². The van der Waals surface area contributed by atoms with Gasteiger partial charge in [0.15, 0.2) is 0 Å². The highest BCUT2D eigenvalue weighted by Gasteiger charge is 2.33. The molecule has 1 N–H and O–H groups in total. The summed E-state index contributed by atoms with van der Waals surface area (Å²) in [5.74, 6) is -2.18. The van der Waals surface area contributed by atoms with Crippen molar-refractivity contribution >= 4 is 27.3 Å². The monoisotopic (exact) mass is 408 g/mol. The molecule has 0 radical (unpaired) electrons. The molecule has 9 heteroatoms. The molecule has 2 aromatic rings. The van der Waals surface area contributed by atoms with Gasteiger partial charge in [0.2, 0.25) is 0 Å². The van der Waals surface area contributed by atoms with E-state index in [0.717, 1.165) is 24.1 Å². The molecule has 0 aliphatic carbocycles. The molecule has 6 nitrogen and oxygen atoms in total. The molecular weight excluding hydrogens is 390 g/mol. The first kappa shape index (κ1) is 18.8. The number of rotatable bonds is 4. The average Bonchev–Trinajstić information content (AvgIpc) is 3.30. The second-order valence-electron chi connectivity index (χ2n) is 6.77. The van der Waals surface area contributed by atoms with Crippen LogP contribution in [0, 0.1) is 11.6 Å². The SMILES string of the molecule is O=C(C1CCCO1)N1CCc2ccc(NS(=O)(=O)c3ccc(F)cc3F)cc21. The first-order chi connectivity index (χ1) is 13.3. The Labute approximate surface area is 161 Å². The summed E-state index contributed by atoms with van der Waals surface area (Å²) < 4.78 is 59.7. The Balaban J connectivity index is 1.60. The second-order valence-corrected chi connectivity index (χ2v) is 8.42. The van der Waals surface area contributed by atoms with E-state index in [1.54, 1.807) is 23.1 Å². The van der Waals surface area contributed by atoms with Gasteiger partial charge in [-0.3, -0.25) is 9.52 Å². The zero-order valence-corrected chi connectivity index (χ0v) is 15.6. The fourth-order valence-corrected chi connectivity index (χ4v) is 4.63. The van der Waals surface area contributed by atoms with E-state index in [0.29, 0.717) is 37.7 Å². The van der Waals surface area contributed by atoms with Crippen LogP contribution in [0.4, 0.5) is 20.2 Å². The van der Waals surface area contributed by atoms with E-state index >= 15 is 0 Å². The van der Waals surface area contributed by atoms with Crippen molar-refractivity contribution in [3.05, 3.63) is 53.6 Å². The van der Waals surface area contributed by atoms with Gasteiger partial charge in [0.1, 0.15) is 22.6 Å². The molecule has 0 saturated carbocycles. The number of halogens is 2. The molecule has 2 aliphatic heterocycles. The van der Waals surface area contributed by atoms with Gasteiger partial charge in [0.25, 0.3) is 15.9 Å². The fraction of sp³-hybridized carbons (Fsp3) is 0.316. The van der Waals surface area contributed by atoms with Gasteiger partial charge in [0.05, 0.1) is 5.69 Å². The van der Waals surface area contributed by atoms with Crippen LogP contribution >= 0.6 is 0 Å². The van der Waals surface area contributed by atoms with Gasteiger partial charge in [0, 0.05) is 24.9 Å². The molecule has 2 aromatic carbocycles. The maximum atomic E-state index is 13.9. The highest BCUT2D eigenvalue weighted by Crippen LogP contribution is 2.33. The van der Waals surface area contributed by atoms with Gasteiger partial charge < -0.3 is 9.64 Å². The Hall–Kier alpha value is -2.52. The van der Waals surface area contributed by atoms with Crippen molar-refractivity contribution in [2.24, 2.45) is 0 Å². The summed E-state index contributed by atoms with van der Waals surface area (Å²) in [6, 6.07) is 7.10. The van der Waals surface area contributed by atoms with Crippen LogP contribution in [0.25, 0.3) is 0 Å². The Morgan fingerprint density at radius 1 is 1.18 bits per heavy atom. The zero-order chi connectivity index (χ0) is 19.9. The lowest BCUT2D eigenvalue weighted by Crippen LogP contribution is -2.37. The molecule has 2 aliphatic rings. The number of sulfonamides is 1. The predicted octanol–water partition coefficient (Wildman–Crippen LogP) is 2.83. The standard InChI is InChI=1S/C19H18F2N2O4S/c20-13-4-6-18(15(21)10-13)28(25,26)22-14-5-3-12-7-8-23(16(12)11-14)19(24)17-2-1-9-27-17/h3-6,10-11,17,22H,1-2,7-9H2. The third-order valence-electron chi connectivity index (χ3n) is 4.89. The van der Waals surface area contributed by atoms with Crippen LogP contribution in [0.1, 0.15) is 18.4 Å². The van der Waals surface area contributed by atoms with E-state index in [4.69, 9.17) is 4.74 Å². The molecule has 0 spiro atoms. The van der Waals surface area contributed by atoms with Gasteiger partial charge in [-0.2, -0.15) is 0 Å². The lowest BCUT2D eigenvalue weighted by atomic mass is 10.1. The summed E-state index contributed by atoms with van der Waals surface area (Å²) in [7, 11) is -4.25. The summed E-state index contributed by atoms with van der Waals surface area (Å²) in [6.45, 7) is 1.05. The number of nitrogens with one attached hydrogen (secondary N) is 1. The Morgan fingerprint density at radius 3 is 2.71 bits per heavy atom. The minimum atomic E-state index is -4.25. The van der Waals surface area contributed by atoms with E-state index < -0.39 is 32.7 Å². The van der Waals surface area contributed by atoms with Crippen molar-refractivity contribution in [3.8, 4) is 0 Å². The maximum absolute atomic E-state index is 13.9. The molecule has 1 amide bonds. The number of ether oxygens (including phenoxy) is 1. The highest BCUT2D eigenvalue weighted by atomic mass is 32.2. The zero-order valence-electron chi connectivity index (χ0n) is 14.8. The van der Waals surface area contributed by atoms with Crippen molar-refractivity contribution in [3.63, 3.8) is 0 Å². The molecule has 1 fully saturated rings. The van der Waals surface area contributed by atoms with Crippen molar-refractivity contribution in [2.45, 2.75) is 30.3 Å². The summed E-state index contributed by atoms with van der Waals surface area (Å²) in [5.41, 5.74) is 1.72. The third-order valence-corrected chi connectivity index (χ3v) is 6.30. The maximum Gasteiger partial charge on any atom is 0.264 e. The van der Waals surface area contributed by atoms with E-state index in [-0.39, 0.29) is 11.6 Å². The number of nitrogens with zero attached hydrogens (tertiary/aromatic N) is 1. The minimum Gasteiger partial charge on any atom is -0.368 e. The number of amides is 1. The van der Waals surface area contributed by atoms with Gasteiger partial charge in [-0.25, -0.2) is 17.2 Å². The third kappa shape index (κ3) is 3.47. The van der Waals surface area contributed by atoms with Gasteiger partial charge in [-0.1, -0.05) is 6.07 Å². The van der Waals surface area contributed by atoms with Crippen LogP contribution in [0.5, 0.6) is 0 Å². The largest absolute Gasteiger partial charge is 0.368 e. The molecule has 28 heavy (non-hydrogen) atoms. The summed E-state index contributed by atoms with van der Waals surface area (Å²) in [6.07, 6.45) is 1.69. The van der Waals surface area contributed by atoms with Crippen LogP contribution in [0.15, 0.2) is 41.3 Å². The Bertz CT molecular complexity index is 1040. The van der Waals surface area contributed by atoms with E-state index in [9.17, 15) is 22.0 Å². The van der Waals surface area contributed by atoms with Gasteiger partial charge >= 0.3 is 0 Å². The molecule has 0 bridgehead atoms. The van der Waals surface area contributed by atoms with Crippen molar-refractivity contribution in [2.75, 3.05) is 22.8 Å². The highest BCUT2D eigenvalue weighted by molar-refractivity contribution is 7.92. The number of carbonyl (C=O) groups excluding carboxylic acids is 1. The number of benzene rings is 2. The number of anilines is 2. The van der Waals surface area contributed by atoms with Crippen LogP contribution < -0.4 is 9.62 Å². The quantitative estimate of drug-likeness (QED) is 0.844. The van der Waals surface area contributed by atoms with E-state index in [1.807, 2.05) is 0 Å². The molecule has 1 unspecified atom stereocenters. The normalized spacial score (nSPS) is 18.9. The van der Waals surface area contributed by atoms with Crippen LogP contribution in [-0.4, -0.2) is 33.6 Å². The fourth-order valence-electron chi connectivity index (χ4n) is 3.52. The second kappa shape index (κ2) is 7.14. The van der Waals surface area contributed by atoms with Crippen LogP contribution in [-0.2, 0) is 26.0 Å². The minimum absolute atomic E-state index is 0.138. The number of hydrogen-bond acceptors (Lipinski definition) is 4. The van der Waals surface area contributed by atoms with E-state index in [2.05, 4.69) is 4.72 Å². The van der Waals surface area contributed by atoms with Crippen LogP contribution in [0.2, 0.25) is 0 Å². The summed E-state index contributed by atoms with van der Waals surface area (Å²) in [4.78, 5) is 13.6. The number of fused-ring (bicyclic) bond motifs is 1. The lowest BCUT2D eigenvalue weighted by Gasteiger charge is -2.21. The molecule has 4 rings (SSSR count). The van der Waals surface area contributed by atoms with E-state index in [1.165, 1.54) is 0 Å². The Morgan fingerprint density at radius 2 is 2.00 bits per heavy atom. The molecule has 2 heterocycles. The number of hydrogen-bond donors (Lipinski definition) is 1. The first-order valence-electron chi connectivity index (χ1n) is 8.89. The smallest absolute Gasteiger partial charge is 0.264 e. The van der Waals surface area contributed by atoms with Gasteiger partial charge in [-0.05, 0) is 49.1 Å². The predicted molar refractivity (Wildman–Crippen MR) is 98.6 cm³/mol. The summed E-state index contributed by atoms with van der Waals surface area (Å²) >= 11 is 0. The first-order valence-corrected chi connectivity index (χ1v) is 10.4. The lowest BCUT2D eigenvalue weighted by molar-refractivity contribution is -0.127. The van der Waals surface area contributed by atoms with Crippen molar-refractivity contribution < 1.29 is 26.7 Å². The van der Waals surface area contributed by atoms with Crippen molar-refractivity contribution in [1.82, 2.24) is 0 Å². The summed E-state index contributed by atoms with van der Waals surface area (Å²) in [5, 5.41) is 0. The number of carbonyl (C=O) groups is 1. The van der Waals surface area contributed by atoms with Crippen molar-refractivity contribution in [1.29, 1.82) is 0 Å².